The fraction of sp³-hybridized carbons (Fsp3) is 0.250. The van der Waals surface area contributed by atoms with Gasteiger partial charge in [-0.05, 0) is 38.1 Å². The number of para-hydroxylation sites is 1. The summed E-state index contributed by atoms with van der Waals surface area (Å²) in [6, 6.07) is 11.4. The summed E-state index contributed by atoms with van der Waals surface area (Å²) >= 11 is 0. The zero-order chi connectivity index (χ0) is 14.9. The molecule has 1 atom stereocenters. The molecule has 21 heavy (non-hydrogen) atoms. The SMILES string of the molecule is Cc1ccc(C(C)(O)CNc2ncnc3ccccc23)o1. The van der Waals surface area contributed by atoms with Crippen molar-refractivity contribution in [3.63, 3.8) is 0 Å². The van der Waals surface area contributed by atoms with Gasteiger partial charge in [-0.1, -0.05) is 12.1 Å². The van der Waals surface area contributed by atoms with Crippen molar-refractivity contribution < 1.29 is 9.52 Å². The van der Waals surface area contributed by atoms with E-state index in [2.05, 4.69) is 15.3 Å². The summed E-state index contributed by atoms with van der Waals surface area (Å²) in [6.45, 7) is 3.85. The maximum absolute atomic E-state index is 10.5. The van der Waals surface area contributed by atoms with Gasteiger partial charge in [0.15, 0.2) is 0 Å². The number of fused-ring (bicyclic) bond motifs is 1. The highest BCUT2D eigenvalue weighted by Crippen LogP contribution is 2.25. The van der Waals surface area contributed by atoms with E-state index in [-0.39, 0.29) is 0 Å². The van der Waals surface area contributed by atoms with E-state index in [1.54, 1.807) is 13.0 Å². The Labute approximate surface area is 122 Å². The van der Waals surface area contributed by atoms with E-state index >= 15 is 0 Å². The zero-order valence-corrected chi connectivity index (χ0v) is 12.0. The lowest BCUT2D eigenvalue weighted by Gasteiger charge is -2.22. The number of aliphatic hydroxyl groups is 1. The molecule has 3 rings (SSSR count). The molecule has 1 unspecified atom stereocenters. The van der Waals surface area contributed by atoms with Crippen LogP contribution in [0.4, 0.5) is 5.82 Å². The second kappa shape index (κ2) is 5.18. The molecule has 0 bridgehead atoms. The van der Waals surface area contributed by atoms with Crippen LogP contribution < -0.4 is 5.32 Å². The molecule has 0 radical (unpaired) electrons. The third-order valence-electron chi connectivity index (χ3n) is 3.41. The van der Waals surface area contributed by atoms with Crippen LogP contribution in [0, 0.1) is 6.92 Å². The topological polar surface area (TPSA) is 71.2 Å². The lowest BCUT2D eigenvalue weighted by Crippen LogP contribution is -2.30. The second-order valence-corrected chi connectivity index (χ2v) is 5.28. The number of rotatable bonds is 4. The largest absolute Gasteiger partial charge is 0.463 e. The normalized spacial score (nSPS) is 14.0. The molecular weight excluding hydrogens is 266 g/mol. The highest BCUT2D eigenvalue weighted by molar-refractivity contribution is 5.88. The number of aromatic nitrogens is 2. The molecule has 2 heterocycles. The highest BCUT2D eigenvalue weighted by atomic mass is 16.4. The van der Waals surface area contributed by atoms with Crippen molar-refractivity contribution in [2.45, 2.75) is 19.4 Å². The molecule has 0 amide bonds. The Hall–Kier alpha value is -2.40. The first-order valence-electron chi connectivity index (χ1n) is 6.79. The van der Waals surface area contributed by atoms with E-state index in [1.807, 2.05) is 37.3 Å². The van der Waals surface area contributed by atoms with Crippen LogP contribution in [0.25, 0.3) is 10.9 Å². The second-order valence-electron chi connectivity index (χ2n) is 5.28. The average Bonchev–Trinajstić information content (AvgIpc) is 2.93. The van der Waals surface area contributed by atoms with Crippen LogP contribution >= 0.6 is 0 Å². The van der Waals surface area contributed by atoms with Crippen molar-refractivity contribution in [3.05, 3.63) is 54.2 Å². The summed E-state index contributed by atoms with van der Waals surface area (Å²) in [4.78, 5) is 8.46. The van der Waals surface area contributed by atoms with Gasteiger partial charge in [-0.3, -0.25) is 0 Å². The van der Waals surface area contributed by atoms with E-state index in [0.717, 1.165) is 16.7 Å². The van der Waals surface area contributed by atoms with E-state index in [1.165, 1.54) is 6.33 Å². The molecule has 0 aliphatic carbocycles. The first kappa shape index (κ1) is 13.6. The minimum absolute atomic E-state index is 0.293. The molecule has 1 aromatic carbocycles. The van der Waals surface area contributed by atoms with Crippen molar-refractivity contribution in [1.29, 1.82) is 0 Å². The Morgan fingerprint density at radius 3 is 2.76 bits per heavy atom. The van der Waals surface area contributed by atoms with Crippen molar-refractivity contribution in [1.82, 2.24) is 9.97 Å². The molecule has 0 aliphatic rings. The van der Waals surface area contributed by atoms with Gasteiger partial charge < -0.3 is 14.8 Å². The summed E-state index contributed by atoms with van der Waals surface area (Å²) in [7, 11) is 0. The minimum atomic E-state index is -1.11. The van der Waals surface area contributed by atoms with Crippen molar-refractivity contribution in [2.75, 3.05) is 11.9 Å². The first-order valence-corrected chi connectivity index (χ1v) is 6.79. The van der Waals surface area contributed by atoms with Crippen molar-refractivity contribution in [3.8, 4) is 0 Å². The number of nitrogens with one attached hydrogen (secondary N) is 1. The van der Waals surface area contributed by atoms with Crippen LogP contribution in [0.3, 0.4) is 0 Å². The number of hydrogen-bond acceptors (Lipinski definition) is 5. The highest BCUT2D eigenvalue weighted by Gasteiger charge is 2.26. The molecule has 2 N–H and O–H groups in total. The van der Waals surface area contributed by atoms with Gasteiger partial charge >= 0.3 is 0 Å². The lowest BCUT2D eigenvalue weighted by molar-refractivity contribution is 0.0467. The molecule has 5 nitrogen and oxygen atoms in total. The molecule has 2 aromatic heterocycles. The van der Waals surface area contributed by atoms with Crippen LogP contribution in [-0.4, -0.2) is 21.6 Å². The minimum Gasteiger partial charge on any atom is -0.463 e. The van der Waals surface area contributed by atoms with Crippen molar-refractivity contribution >= 4 is 16.7 Å². The van der Waals surface area contributed by atoms with Crippen LogP contribution in [0.15, 0.2) is 47.1 Å². The molecular formula is C16H17N3O2. The van der Waals surface area contributed by atoms with Crippen molar-refractivity contribution in [2.24, 2.45) is 0 Å². The Morgan fingerprint density at radius 1 is 1.19 bits per heavy atom. The quantitative estimate of drug-likeness (QED) is 0.770. The third kappa shape index (κ3) is 2.73. The molecule has 5 heteroatoms. The zero-order valence-electron chi connectivity index (χ0n) is 12.0. The number of nitrogens with zero attached hydrogens (tertiary/aromatic N) is 2. The number of hydrogen-bond donors (Lipinski definition) is 2. The summed E-state index contributed by atoms with van der Waals surface area (Å²) in [5.41, 5.74) is -0.246. The van der Waals surface area contributed by atoms with E-state index < -0.39 is 5.60 Å². The Kier molecular flexibility index (Phi) is 3.35. The van der Waals surface area contributed by atoms with Gasteiger partial charge in [0.25, 0.3) is 0 Å². The van der Waals surface area contributed by atoms with Gasteiger partial charge in [0, 0.05) is 5.39 Å². The first-order chi connectivity index (χ1) is 10.1. The summed E-state index contributed by atoms with van der Waals surface area (Å²) in [5.74, 6) is 2.01. The standard InChI is InChI=1S/C16H17N3O2/c1-11-7-8-14(21-11)16(2,20)9-17-15-12-5-3-4-6-13(12)18-10-19-15/h3-8,10,20H,9H2,1-2H3,(H,17,18,19). The molecule has 0 saturated heterocycles. The molecule has 0 spiro atoms. The maximum Gasteiger partial charge on any atom is 0.137 e. The van der Waals surface area contributed by atoms with Gasteiger partial charge in [-0.25, -0.2) is 9.97 Å². The number of benzene rings is 1. The van der Waals surface area contributed by atoms with Crippen LogP contribution in [0.2, 0.25) is 0 Å². The van der Waals surface area contributed by atoms with E-state index in [4.69, 9.17) is 4.42 Å². The fourth-order valence-corrected chi connectivity index (χ4v) is 2.21. The molecule has 108 valence electrons. The molecule has 0 aliphatic heterocycles. The van der Waals surface area contributed by atoms with Gasteiger partial charge in [-0.2, -0.15) is 0 Å². The maximum atomic E-state index is 10.5. The number of aryl methyl sites for hydroxylation is 1. The molecule has 3 aromatic rings. The smallest absolute Gasteiger partial charge is 0.137 e. The fourth-order valence-electron chi connectivity index (χ4n) is 2.21. The van der Waals surface area contributed by atoms with E-state index in [9.17, 15) is 5.11 Å². The predicted molar refractivity (Wildman–Crippen MR) is 81.0 cm³/mol. The monoisotopic (exact) mass is 283 g/mol. The number of anilines is 1. The van der Waals surface area contributed by atoms with Crippen LogP contribution in [0.5, 0.6) is 0 Å². The van der Waals surface area contributed by atoms with E-state index in [0.29, 0.717) is 18.1 Å². The Bertz CT molecular complexity index is 760. The Morgan fingerprint density at radius 2 is 2.00 bits per heavy atom. The summed E-state index contributed by atoms with van der Waals surface area (Å²) in [5, 5.41) is 14.6. The van der Waals surface area contributed by atoms with Gasteiger partial charge in [0.2, 0.25) is 0 Å². The lowest BCUT2D eigenvalue weighted by atomic mass is 10.0. The van der Waals surface area contributed by atoms with Gasteiger partial charge in [0.05, 0.1) is 12.1 Å². The Balaban J connectivity index is 1.83. The van der Waals surface area contributed by atoms with Crippen LogP contribution in [-0.2, 0) is 5.60 Å². The summed E-state index contributed by atoms with van der Waals surface area (Å²) < 4.78 is 5.50. The average molecular weight is 283 g/mol. The predicted octanol–water partition coefficient (Wildman–Crippen LogP) is 2.85. The van der Waals surface area contributed by atoms with Gasteiger partial charge in [0.1, 0.15) is 29.3 Å². The molecule has 0 saturated carbocycles. The third-order valence-corrected chi connectivity index (χ3v) is 3.41. The van der Waals surface area contributed by atoms with Crippen LogP contribution in [0.1, 0.15) is 18.4 Å². The molecule has 0 fully saturated rings. The number of furan rings is 1. The van der Waals surface area contributed by atoms with Gasteiger partial charge in [-0.15, -0.1) is 0 Å². The summed E-state index contributed by atoms with van der Waals surface area (Å²) in [6.07, 6.45) is 1.51.